The molecule has 22 heavy (non-hydrogen) atoms. The molecule has 0 atom stereocenters. The van der Waals surface area contributed by atoms with Gasteiger partial charge in [0, 0.05) is 16.8 Å². The number of hydrazone groups is 1. The fraction of sp³-hybridized carbons (Fsp3) is 0.286. The molecule has 0 saturated heterocycles. The van der Waals surface area contributed by atoms with Gasteiger partial charge in [0.1, 0.15) is 16.2 Å². The highest BCUT2D eigenvalue weighted by Gasteiger charge is 2.07. The number of rotatable bonds is 6. The van der Waals surface area contributed by atoms with E-state index in [1.165, 1.54) is 4.88 Å². The predicted molar refractivity (Wildman–Crippen MR) is 92.9 cm³/mol. The Morgan fingerprint density at radius 1 is 1.36 bits per heavy atom. The fourth-order valence-electron chi connectivity index (χ4n) is 1.96. The molecule has 0 aliphatic heterocycles. The quantitative estimate of drug-likeness (QED) is 0.536. The minimum absolute atomic E-state index is 0.726. The van der Waals surface area contributed by atoms with Gasteiger partial charge in [0.15, 0.2) is 5.82 Å². The van der Waals surface area contributed by atoms with Crippen molar-refractivity contribution in [2.45, 2.75) is 19.9 Å². The average Bonchev–Trinajstić information content (AvgIpc) is 3.14. The molecule has 6 nitrogen and oxygen atoms in total. The number of nitrogens with zero attached hydrogens (tertiary/aromatic N) is 4. The van der Waals surface area contributed by atoms with Crippen LogP contribution in [-0.4, -0.2) is 28.2 Å². The lowest BCUT2D eigenvalue weighted by molar-refractivity contribution is 0.797. The van der Waals surface area contributed by atoms with E-state index in [0.717, 1.165) is 39.7 Å². The first kappa shape index (κ1) is 15.0. The molecule has 3 rings (SSSR count). The largest absolute Gasteiger partial charge is 0.314 e. The number of anilines is 1. The smallest absolute Gasteiger partial charge is 0.158 e. The fourth-order valence-corrected chi connectivity index (χ4v) is 3.57. The average molecular weight is 332 g/mol. The van der Waals surface area contributed by atoms with Crippen LogP contribution >= 0.6 is 22.7 Å². The molecule has 0 saturated carbocycles. The lowest BCUT2D eigenvalue weighted by atomic mass is 10.3. The SMILES string of the molecule is CCc1cc2c(NN=Cc3nc(CNC)cs3)ncnc2s1. The summed E-state index contributed by atoms with van der Waals surface area (Å²) in [4.78, 5) is 15.3. The van der Waals surface area contributed by atoms with E-state index in [2.05, 4.69) is 43.8 Å². The van der Waals surface area contributed by atoms with Crippen molar-refractivity contribution >= 4 is 44.9 Å². The molecule has 0 radical (unpaired) electrons. The van der Waals surface area contributed by atoms with Crippen molar-refractivity contribution in [3.05, 3.63) is 33.4 Å². The third-order valence-corrected chi connectivity index (χ3v) is 5.02. The number of thiophene rings is 1. The van der Waals surface area contributed by atoms with Crippen LogP contribution in [0.1, 0.15) is 22.5 Å². The lowest BCUT2D eigenvalue weighted by Gasteiger charge is -1.99. The van der Waals surface area contributed by atoms with Crippen LogP contribution < -0.4 is 10.7 Å². The molecular formula is C14H16N6S2. The number of fused-ring (bicyclic) bond motifs is 1. The molecule has 0 aromatic carbocycles. The van der Waals surface area contributed by atoms with Crippen molar-refractivity contribution in [2.75, 3.05) is 12.5 Å². The zero-order chi connectivity index (χ0) is 15.4. The van der Waals surface area contributed by atoms with Gasteiger partial charge in [-0.25, -0.2) is 15.0 Å². The van der Waals surface area contributed by atoms with Crippen LogP contribution in [-0.2, 0) is 13.0 Å². The molecule has 3 aromatic rings. The summed E-state index contributed by atoms with van der Waals surface area (Å²) in [7, 11) is 1.90. The van der Waals surface area contributed by atoms with E-state index in [-0.39, 0.29) is 0 Å². The second-order valence-electron chi connectivity index (χ2n) is 4.58. The molecule has 0 aliphatic carbocycles. The maximum absolute atomic E-state index is 4.45. The van der Waals surface area contributed by atoms with E-state index in [1.54, 1.807) is 35.2 Å². The summed E-state index contributed by atoms with van der Waals surface area (Å²) in [5.41, 5.74) is 4.01. The molecule has 114 valence electrons. The summed E-state index contributed by atoms with van der Waals surface area (Å²) >= 11 is 3.25. The summed E-state index contributed by atoms with van der Waals surface area (Å²) in [5.74, 6) is 0.726. The summed E-state index contributed by atoms with van der Waals surface area (Å²) in [6.45, 7) is 2.90. The standard InChI is InChI=1S/C14H16N6S2/c1-3-10-4-11-13(16-8-17-14(11)22-10)20-18-6-12-19-9(5-15-2)7-21-12/h4,6-8,15H,3,5H2,1-2H3,(H,16,17,20). The first-order valence-corrected chi connectivity index (χ1v) is 8.61. The summed E-state index contributed by atoms with van der Waals surface area (Å²) < 4.78 is 0. The van der Waals surface area contributed by atoms with E-state index < -0.39 is 0 Å². The number of aromatic nitrogens is 3. The van der Waals surface area contributed by atoms with Crippen molar-refractivity contribution in [1.29, 1.82) is 0 Å². The van der Waals surface area contributed by atoms with E-state index in [9.17, 15) is 0 Å². The van der Waals surface area contributed by atoms with Gasteiger partial charge >= 0.3 is 0 Å². The highest BCUT2D eigenvalue weighted by molar-refractivity contribution is 7.18. The third kappa shape index (κ3) is 3.29. The number of nitrogens with one attached hydrogen (secondary N) is 2. The minimum Gasteiger partial charge on any atom is -0.314 e. The van der Waals surface area contributed by atoms with E-state index in [4.69, 9.17) is 0 Å². The number of hydrogen-bond donors (Lipinski definition) is 2. The van der Waals surface area contributed by atoms with Gasteiger partial charge in [-0.2, -0.15) is 5.10 Å². The van der Waals surface area contributed by atoms with Gasteiger partial charge in [0.05, 0.1) is 17.3 Å². The maximum Gasteiger partial charge on any atom is 0.158 e. The Hall–Kier alpha value is -1.90. The van der Waals surface area contributed by atoms with Crippen LogP contribution in [0, 0.1) is 0 Å². The van der Waals surface area contributed by atoms with Gasteiger partial charge in [-0.05, 0) is 19.5 Å². The normalized spacial score (nSPS) is 11.5. The lowest BCUT2D eigenvalue weighted by Crippen LogP contribution is -2.05. The minimum atomic E-state index is 0.726. The van der Waals surface area contributed by atoms with Crippen LogP contribution in [0.4, 0.5) is 5.82 Å². The van der Waals surface area contributed by atoms with Crippen molar-refractivity contribution in [1.82, 2.24) is 20.3 Å². The van der Waals surface area contributed by atoms with Crippen LogP contribution in [0.2, 0.25) is 0 Å². The molecule has 0 aliphatic rings. The summed E-state index contributed by atoms with van der Waals surface area (Å²) in [5, 5.41) is 11.2. The van der Waals surface area contributed by atoms with E-state index in [1.807, 2.05) is 12.4 Å². The molecule has 3 heterocycles. The molecule has 3 aromatic heterocycles. The van der Waals surface area contributed by atoms with Gasteiger partial charge in [0.2, 0.25) is 0 Å². The highest BCUT2D eigenvalue weighted by Crippen LogP contribution is 2.28. The molecule has 8 heteroatoms. The highest BCUT2D eigenvalue weighted by atomic mass is 32.1. The Bertz CT molecular complexity index is 792. The van der Waals surface area contributed by atoms with Crippen molar-refractivity contribution in [2.24, 2.45) is 5.10 Å². The molecule has 0 fully saturated rings. The Labute approximate surface area is 136 Å². The van der Waals surface area contributed by atoms with E-state index in [0.29, 0.717) is 0 Å². The first-order chi connectivity index (χ1) is 10.8. The molecule has 0 bridgehead atoms. The molecular weight excluding hydrogens is 316 g/mol. The summed E-state index contributed by atoms with van der Waals surface area (Å²) in [6.07, 6.45) is 4.27. The Kier molecular flexibility index (Phi) is 4.71. The molecule has 0 spiro atoms. The van der Waals surface area contributed by atoms with Crippen LogP contribution in [0.5, 0.6) is 0 Å². The Balaban J connectivity index is 1.75. The van der Waals surface area contributed by atoms with Gasteiger partial charge in [-0.15, -0.1) is 22.7 Å². The number of hydrogen-bond acceptors (Lipinski definition) is 8. The number of aryl methyl sites for hydroxylation is 1. The van der Waals surface area contributed by atoms with Gasteiger partial charge in [0.25, 0.3) is 0 Å². The van der Waals surface area contributed by atoms with E-state index >= 15 is 0 Å². The first-order valence-electron chi connectivity index (χ1n) is 6.91. The van der Waals surface area contributed by atoms with Gasteiger partial charge in [-0.3, -0.25) is 5.43 Å². The Morgan fingerprint density at radius 3 is 3.09 bits per heavy atom. The van der Waals surface area contributed by atoms with Crippen molar-refractivity contribution in [3.8, 4) is 0 Å². The van der Waals surface area contributed by atoms with Crippen LogP contribution in [0.3, 0.4) is 0 Å². The topological polar surface area (TPSA) is 75.1 Å². The predicted octanol–water partition coefficient (Wildman–Crippen LogP) is 2.88. The zero-order valence-electron chi connectivity index (χ0n) is 12.3. The monoisotopic (exact) mass is 332 g/mol. The molecule has 2 N–H and O–H groups in total. The second-order valence-corrected chi connectivity index (χ2v) is 6.59. The summed E-state index contributed by atoms with van der Waals surface area (Å²) in [6, 6.07) is 2.12. The Morgan fingerprint density at radius 2 is 2.27 bits per heavy atom. The van der Waals surface area contributed by atoms with Gasteiger partial charge in [-0.1, -0.05) is 6.92 Å². The maximum atomic E-state index is 4.45. The van der Waals surface area contributed by atoms with Crippen molar-refractivity contribution in [3.63, 3.8) is 0 Å². The molecule has 0 unspecified atom stereocenters. The zero-order valence-corrected chi connectivity index (χ0v) is 14.0. The molecule has 0 amide bonds. The van der Waals surface area contributed by atoms with Crippen molar-refractivity contribution < 1.29 is 0 Å². The number of thiazole rings is 1. The van der Waals surface area contributed by atoms with Gasteiger partial charge < -0.3 is 5.32 Å². The second kappa shape index (κ2) is 6.91. The van der Waals surface area contributed by atoms with Crippen LogP contribution in [0.15, 0.2) is 22.9 Å². The van der Waals surface area contributed by atoms with Crippen LogP contribution in [0.25, 0.3) is 10.2 Å². The third-order valence-electron chi connectivity index (χ3n) is 3.00.